The Kier molecular flexibility index (Phi) is 4.70. The molecule has 0 N–H and O–H groups in total. The van der Waals surface area contributed by atoms with Crippen molar-refractivity contribution in [3.63, 3.8) is 0 Å². The Morgan fingerprint density at radius 1 is 0.929 bits per heavy atom. The topological polar surface area (TPSA) is 30.3 Å². The lowest BCUT2D eigenvalue weighted by Crippen LogP contribution is -2.36. The quantitative estimate of drug-likeness (QED) is 0.612. The minimum Gasteiger partial charge on any atom is -0.305 e. The van der Waals surface area contributed by atoms with Crippen LogP contribution in [0.5, 0.6) is 0 Å². The molecule has 0 aliphatic carbocycles. The van der Waals surface area contributed by atoms with E-state index in [9.17, 15) is 18.4 Å². The van der Waals surface area contributed by atoms with Crippen LogP contribution in [0, 0.1) is 11.3 Å². The number of rotatable bonds is 3. The van der Waals surface area contributed by atoms with Crippen LogP contribution in [-0.2, 0) is 12.7 Å². The smallest absolute Gasteiger partial charge is 0.305 e. The number of hydrogen-bond acceptors (Lipinski definition) is 3. The van der Waals surface area contributed by atoms with Gasteiger partial charge in [-0.15, -0.1) is 0 Å². The predicted octanol–water partition coefficient (Wildman–Crippen LogP) is 5.36. The van der Waals surface area contributed by atoms with E-state index in [0.29, 0.717) is 17.7 Å². The van der Waals surface area contributed by atoms with Gasteiger partial charge in [-0.05, 0) is 30.2 Å². The standard InChI is InChI=1S/C22H18F3N3/c23-22(24,25)18-6-3-5-16(13-18)15-27-11-4-12-28(27)21-10-9-17(14-26)19-7-1-2-8-20(19)21/h1-3,5-10,13H,4,11-12,15H2. The lowest BCUT2D eigenvalue weighted by Gasteiger charge is -2.31. The second kappa shape index (κ2) is 7.17. The molecule has 6 heteroatoms. The molecule has 0 spiro atoms. The molecule has 0 unspecified atom stereocenters. The fourth-order valence-corrected chi connectivity index (χ4v) is 3.76. The van der Waals surface area contributed by atoms with Crippen molar-refractivity contribution in [1.29, 1.82) is 5.26 Å². The van der Waals surface area contributed by atoms with Crippen molar-refractivity contribution in [3.05, 3.63) is 77.4 Å². The summed E-state index contributed by atoms with van der Waals surface area (Å²) in [6.45, 7) is 1.96. The third-order valence-corrected chi connectivity index (χ3v) is 5.05. The first-order valence-electron chi connectivity index (χ1n) is 9.08. The van der Waals surface area contributed by atoms with E-state index in [1.165, 1.54) is 12.1 Å². The number of hydrogen-bond donors (Lipinski definition) is 0. The normalized spacial score (nSPS) is 15.1. The van der Waals surface area contributed by atoms with Crippen LogP contribution < -0.4 is 5.01 Å². The molecule has 0 radical (unpaired) electrons. The first kappa shape index (κ1) is 18.3. The molecule has 4 rings (SSSR count). The summed E-state index contributed by atoms with van der Waals surface area (Å²) < 4.78 is 39.1. The lowest BCUT2D eigenvalue weighted by atomic mass is 10.0. The Morgan fingerprint density at radius 3 is 2.46 bits per heavy atom. The van der Waals surface area contributed by atoms with E-state index >= 15 is 0 Å². The second-order valence-electron chi connectivity index (χ2n) is 6.85. The van der Waals surface area contributed by atoms with Gasteiger partial charge < -0.3 is 5.01 Å². The first-order chi connectivity index (χ1) is 13.5. The van der Waals surface area contributed by atoms with E-state index in [-0.39, 0.29) is 0 Å². The van der Waals surface area contributed by atoms with Crippen molar-refractivity contribution >= 4 is 16.5 Å². The molecule has 1 aliphatic heterocycles. The van der Waals surface area contributed by atoms with E-state index in [2.05, 4.69) is 16.1 Å². The summed E-state index contributed by atoms with van der Waals surface area (Å²) in [4.78, 5) is 0. The molecular weight excluding hydrogens is 363 g/mol. The zero-order chi connectivity index (χ0) is 19.7. The van der Waals surface area contributed by atoms with Crippen LogP contribution in [0.15, 0.2) is 60.7 Å². The van der Waals surface area contributed by atoms with Gasteiger partial charge in [-0.2, -0.15) is 18.4 Å². The molecular formula is C22H18F3N3. The maximum atomic E-state index is 13.0. The third-order valence-electron chi connectivity index (χ3n) is 5.05. The Balaban J connectivity index is 1.67. The largest absolute Gasteiger partial charge is 0.416 e. The summed E-state index contributed by atoms with van der Waals surface area (Å²) in [5, 5.41) is 15.4. The number of alkyl halides is 3. The highest BCUT2D eigenvalue weighted by Gasteiger charge is 2.31. The van der Waals surface area contributed by atoms with Crippen LogP contribution in [0.3, 0.4) is 0 Å². The zero-order valence-electron chi connectivity index (χ0n) is 15.1. The van der Waals surface area contributed by atoms with Crippen molar-refractivity contribution in [2.75, 3.05) is 18.1 Å². The second-order valence-corrected chi connectivity index (χ2v) is 6.85. The van der Waals surface area contributed by atoms with E-state index in [0.717, 1.165) is 42.0 Å². The number of hydrazine groups is 1. The average molecular weight is 381 g/mol. The van der Waals surface area contributed by atoms with Gasteiger partial charge in [-0.25, -0.2) is 5.01 Å². The summed E-state index contributed by atoms with van der Waals surface area (Å²) in [7, 11) is 0. The van der Waals surface area contributed by atoms with Crippen molar-refractivity contribution in [2.24, 2.45) is 0 Å². The molecule has 0 amide bonds. The van der Waals surface area contributed by atoms with Crippen LogP contribution in [0.1, 0.15) is 23.1 Å². The summed E-state index contributed by atoms with van der Waals surface area (Å²) in [5.41, 5.74) is 1.58. The highest BCUT2D eigenvalue weighted by molar-refractivity contribution is 5.97. The molecule has 3 aromatic carbocycles. The Morgan fingerprint density at radius 2 is 1.71 bits per heavy atom. The molecule has 1 saturated heterocycles. The fourth-order valence-electron chi connectivity index (χ4n) is 3.76. The van der Waals surface area contributed by atoms with E-state index in [1.54, 1.807) is 12.1 Å². The van der Waals surface area contributed by atoms with Crippen LogP contribution in [0.2, 0.25) is 0 Å². The molecule has 1 aliphatic rings. The van der Waals surface area contributed by atoms with Gasteiger partial charge in [-0.1, -0.05) is 42.5 Å². The van der Waals surface area contributed by atoms with Gasteiger partial charge in [0.25, 0.3) is 0 Å². The van der Waals surface area contributed by atoms with Crippen molar-refractivity contribution < 1.29 is 13.2 Å². The molecule has 0 saturated carbocycles. The number of nitriles is 1. The van der Waals surface area contributed by atoms with Crippen molar-refractivity contribution in [2.45, 2.75) is 19.1 Å². The van der Waals surface area contributed by atoms with Gasteiger partial charge in [0.15, 0.2) is 0 Å². The summed E-state index contributed by atoms with van der Waals surface area (Å²) in [6.07, 6.45) is -3.42. The number of anilines is 1. The number of fused-ring (bicyclic) bond motifs is 1. The van der Waals surface area contributed by atoms with Gasteiger partial charge in [0, 0.05) is 30.4 Å². The zero-order valence-corrected chi connectivity index (χ0v) is 15.1. The Hall–Kier alpha value is -3.04. The Bertz CT molecular complexity index is 1050. The van der Waals surface area contributed by atoms with Crippen LogP contribution >= 0.6 is 0 Å². The lowest BCUT2D eigenvalue weighted by molar-refractivity contribution is -0.137. The fraction of sp³-hybridized carbons (Fsp3) is 0.227. The van der Waals surface area contributed by atoms with E-state index < -0.39 is 11.7 Å². The average Bonchev–Trinajstić information content (AvgIpc) is 3.14. The molecule has 3 aromatic rings. The molecule has 0 bridgehead atoms. The van der Waals surface area contributed by atoms with E-state index in [1.807, 2.05) is 30.3 Å². The SMILES string of the molecule is N#Cc1ccc(N2CCCN2Cc2cccc(C(F)(F)F)c2)c2ccccc12. The molecule has 0 aromatic heterocycles. The van der Waals surface area contributed by atoms with Crippen LogP contribution in [-0.4, -0.2) is 18.1 Å². The van der Waals surface area contributed by atoms with Crippen LogP contribution in [0.4, 0.5) is 18.9 Å². The van der Waals surface area contributed by atoms with Crippen LogP contribution in [0.25, 0.3) is 10.8 Å². The van der Waals surface area contributed by atoms with Gasteiger partial charge in [-0.3, -0.25) is 0 Å². The van der Waals surface area contributed by atoms with E-state index in [4.69, 9.17) is 0 Å². The van der Waals surface area contributed by atoms with Gasteiger partial charge in [0.1, 0.15) is 0 Å². The molecule has 3 nitrogen and oxygen atoms in total. The monoisotopic (exact) mass is 381 g/mol. The maximum Gasteiger partial charge on any atom is 0.416 e. The molecule has 0 atom stereocenters. The Labute approximate surface area is 161 Å². The molecule has 1 heterocycles. The number of nitrogens with zero attached hydrogens (tertiary/aromatic N) is 3. The summed E-state index contributed by atoms with van der Waals surface area (Å²) in [5.74, 6) is 0. The first-order valence-corrected chi connectivity index (χ1v) is 9.08. The minimum atomic E-state index is -4.34. The number of halogens is 3. The highest BCUT2D eigenvalue weighted by atomic mass is 19.4. The summed E-state index contributed by atoms with van der Waals surface area (Å²) in [6, 6.07) is 19.2. The van der Waals surface area contributed by atoms with Crippen molar-refractivity contribution in [3.8, 4) is 6.07 Å². The molecule has 28 heavy (non-hydrogen) atoms. The maximum absolute atomic E-state index is 13.0. The predicted molar refractivity (Wildman–Crippen MR) is 102 cm³/mol. The van der Waals surface area contributed by atoms with Gasteiger partial charge in [0.05, 0.1) is 22.9 Å². The minimum absolute atomic E-state index is 0.401. The third kappa shape index (κ3) is 3.41. The molecule has 142 valence electrons. The van der Waals surface area contributed by atoms with Crippen molar-refractivity contribution in [1.82, 2.24) is 5.01 Å². The van der Waals surface area contributed by atoms with Gasteiger partial charge >= 0.3 is 6.18 Å². The molecule has 1 fully saturated rings. The summed E-state index contributed by atoms with van der Waals surface area (Å²) >= 11 is 0. The highest BCUT2D eigenvalue weighted by Crippen LogP contribution is 2.34. The van der Waals surface area contributed by atoms with Gasteiger partial charge in [0.2, 0.25) is 0 Å². The number of benzene rings is 3.